The number of benzene rings is 1. The van der Waals surface area contributed by atoms with Crippen molar-refractivity contribution in [3.8, 4) is 5.75 Å². The normalized spacial score (nSPS) is 11.4. The van der Waals surface area contributed by atoms with E-state index in [9.17, 15) is 5.11 Å². The fourth-order valence-electron chi connectivity index (χ4n) is 1.52. The quantitative estimate of drug-likeness (QED) is 0.589. The Morgan fingerprint density at radius 3 is 3.08 bits per heavy atom. The topological polar surface area (TPSA) is 33.4 Å². The van der Waals surface area contributed by atoms with E-state index >= 15 is 0 Å². The predicted octanol–water partition coefficient (Wildman–Crippen LogP) is 3.35. The van der Waals surface area contributed by atoms with Crippen molar-refractivity contribution in [2.45, 2.75) is 0 Å². The standard InChI is InChI=1S/C10H6O2S/c11-10-6-1-3-12-8(6)5-9-7(10)2-4-13-9/h1-5,11H. The van der Waals surface area contributed by atoms with Gasteiger partial charge < -0.3 is 9.52 Å². The Balaban J connectivity index is 2.67. The molecule has 0 fully saturated rings. The number of fused-ring (bicyclic) bond motifs is 2. The molecule has 0 unspecified atom stereocenters. The number of rotatable bonds is 0. The fraction of sp³-hybridized carbons (Fsp3) is 0. The van der Waals surface area contributed by atoms with Gasteiger partial charge in [-0.05, 0) is 23.6 Å². The highest BCUT2D eigenvalue weighted by atomic mass is 32.1. The Bertz CT molecular complexity index is 528. The molecule has 64 valence electrons. The maximum Gasteiger partial charge on any atom is 0.139 e. The minimum absolute atomic E-state index is 0.322. The lowest BCUT2D eigenvalue weighted by atomic mass is 10.2. The second-order valence-electron chi connectivity index (χ2n) is 2.89. The van der Waals surface area contributed by atoms with Crippen LogP contribution in [0, 0.1) is 0 Å². The molecule has 2 heterocycles. The number of thiophene rings is 1. The van der Waals surface area contributed by atoms with Gasteiger partial charge in [0.25, 0.3) is 0 Å². The molecule has 0 atom stereocenters. The lowest BCUT2D eigenvalue weighted by Crippen LogP contribution is -1.68. The summed E-state index contributed by atoms with van der Waals surface area (Å²) in [5.74, 6) is 0.322. The van der Waals surface area contributed by atoms with Crippen LogP contribution < -0.4 is 0 Å². The highest BCUT2D eigenvalue weighted by Gasteiger charge is 2.08. The lowest BCUT2D eigenvalue weighted by Gasteiger charge is -1.95. The summed E-state index contributed by atoms with van der Waals surface area (Å²) in [6.45, 7) is 0. The van der Waals surface area contributed by atoms with Crippen LogP contribution in [0.1, 0.15) is 0 Å². The molecule has 1 N–H and O–H groups in total. The Morgan fingerprint density at radius 1 is 1.23 bits per heavy atom. The number of furan rings is 1. The van der Waals surface area contributed by atoms with E-state index in [1.807, 2.05) is 17.5 Å². The molecule has 0 aliphatic carbocycles. The van der Waals surface area contributed by atoms with Crippen LogP contribution in [0.25, 0.3) is 21.1 Å². The first-order valence-electron chi connectivity index (χ1n) is 3.92. The summed E-state index contributed by atoms with van der Waals surface area (Å²) in [6.07, 6.45) is 1.59. The molecule has 2 nitrogen and oxygen atoms in total. The number of phenols is 1. The summed E-state index contributed by atoms with van der Waals surface area (Å²) in [7, 11) is 0. The van der Waals surface area contributed by atoms with E-state index in [1.165, 1.54) is 0 Å². The van der Waals surface area contributed by atoms with Crippen LogP contribution in [0.15, 0.2) is 34.3 Å². The molecule has 2 aromatic heterocycles. The molecular weight excluding hydrogens is 184 g/mol. The van der Waals surface area contributed by atoms with Gasteiger partial charge in [0.15, 0.2) is 0 Å². The summed E-state index contributed by atoms with van der Waals surface area (Å²) in [4.78, 5) is 0. The average Bonchev–Trinajstić information content (AvgIpc) is 2.71. The van der Waals surface area contributed by atoms with Gasteiger partial charge in [-0.25, -0.2) is 0 Å². The predicted molar refractivity (Wildman–Crippen MR) is 53.3 cm³/mol. The fourth-order valence-corrected chi connectivity index (χ4v) is 2.34. The molecule has 3 aromatic rings. The molecule has 3 heteroatoms. The van der Waals surface area contributed by atoms with Crippen LogP contribution >= 0.6 is 11.3 Å². The van der Waals surface area contributed by atoms with Crippen LogP contribution in [0.4, 0.5) is 0 Å². The molecule has 1 aromatic carbocycles. The molecule has 0 amide bonds. The van der Waals surface area contributed by atoms with Gasteiger partial charge in [0, 0.05) is 10.1 Å². The second kappa shape index (κ2) is 2.26. The van der Waals surface area contributed by atoms with Gasteiger partial charge in [0.2, 0.25) is 0 Å². The van der Waals surface area contributed by atoms with E-state index < -0.39 is 0 Å². The molecule has 0 aliphatic heterocycles. The number of aromatic hydroxyl groups is 1. The largest absolute Gasteiger partial charge is 0.506 e. The summed E-state index contributed by atoms with van der Waals surface area (Å²) < 4.78 is 6.28. The van der Waals surface area contributed by atoms with E-state index in [0.29, 0.717) is 5.75 Å². The number of hydrogen-bond acceptors (Lipinski definition) is 3. The minimum Gasteiger partial charge on any atom is -0.506 e. The first-order chi connectivity index (χ1) is 6.36. The Labute approximate surface area is 78.0 Å². The highest BCUT2D eigenvalue weighted by Crippen LogP contribution is 2.36. The van der Waals surface area contributed by atoms with Crippen molar-refractivity contribution in [2.24, 2.45) is 0 Å². The molecule has 0 bridgehead atoms. The first-order valence-corrected chi connectivity index (χ1v) is 4.80. The van der Waals surface area contributed by atoms with Crippen molar-refractivity contribution >= 4 is 32.4 Å². The van der Waals surface area contributed by atoms with Gasteiger partial charge in [0.1, 0.15) is 11.3 Å². The van der Waals surface area contributed by atoms with Crippen LogP contribution in [-0.4, -0.2) is 5.11 Å². The third-order valence-electron chi connectivity index (χ3n) is 2.16. The lowest BCUT2D eigenvalue weighted by molar-refractivity contribution is 0.487. The van der Waals surface area contributed by atoms with Crippen molar-refractivity contribution in [1.29, 1.82) is 0 Å². The average molecular weight is 190 g/mol. The summed E-state index contributed by atoms with van der Waals surface area (Å²) >= 11 is 1.60. The minimum atomic E-state index is 0.322. The maximum atomic E-state index is 9.83. The third-order valence-corrected chi connectivity index (χ3v) is 3.03. The Kier molecular flexibility index (Phi) is 1.21. The van der Waals surface area contributed by atoms with Crippen molar-refractivity contribution in [3.05, 3.63) is 29.8 Å². The first kappa shape index (κ1) is 6.97. The Morgan fingerprint density at radius 2 is 2.15 bits per heavy atom. The zero-order chi connectivity index (χ0) is 8.84. The molecule has 0 saturated heterocycles. The number of hydrogen-bond donors (Lipinski definition) is 1. The maximum absolute atomic E-state index is 9.83. The van der Waals surface area contributed by atoms with Gasteiger partial charge in [-0.15, -0.1) is 11.3 Å². The molecule has 13 heavy (non-hydrogen) atoms. The van der Waals surface area contributed by atoms with Gasteiger partial charge >= 0.3 is 0 Å². The molecule has 3 rings (SSSR count). The van der Waals surface area contributed by atoms with Gasteiger partial charge in [-0.1, -0.05) is 0 Å². The van der Waals surface area contributed by atoms with E-state index in [1.54, 1.807) is 23.7 Å². The van der Waals surface area contributed by atoms with Crippen molar-refractivity contribution in [1.82, 2.24) is 0 Å². The molecule has 0 radical (unpaired) electrons. The van der Waals surface area contributed by atoms with Crippen molar-refractivity contribution < 1.29 is 9.52 Å². The van der Waals surface area contributed by atoms with E-state index in [0.717, 1.165) is 21.1 Å². The highest BCUT2D eigenvalue weighted by molar-refractivity contribution is 7.17. The Hall–Kier alpha value is -1.48. The summed E-state index contributed by atoms with van der Waals surface area (Å²) in [5.41, 5.74) is 0.743. The molecule has 0 aliphatic rings. The van der Waals surface area contributed by atoms with Crippen LogP contribution in [0.2, 0.25) is 0 Å². The van der Waals surface area contributed by atoms with Gasteiger partial charge in [-0.2, -0.15) is 0 Å². The van der Waals surface area contributed by atoms with Crippen LogP contribution in [0.5, 0.6) is 5.75 Å². The molecule has 0 spiro atoms. The van der Waals surface area contributed by atoms with E-state index in [4.69, 9.17) is 4.42 Å². The van der Waals surface area contributed by atoms with Gasteiger partial charge in [0.05, 0.1) is 11.6 Å². The monoisotopic (exact) mass is 190 g/mol. The van der Waals surface area contributed by atoms with Gasteiger partial charge in [-0.3, -0.25) is 0 Å². The summed E-state index contributed by atoms with van der Waals surface area (Å²) in [5, 5.41) is 13.5. The zero-order valence-electron chi connectivity index (χ0n) is 6.65. The molecule has 0 saturated carbocycles. The zero-order valence-corrected chi connectivity index (χ0v) is 7.47. The number of phenolic OH excluding ortho intramolecular Hbond substituents is 1. The van der Waals surface area contributed by atoms with Crippen molar-refractivity contribution in [2.75, 3.05) is 0 Å². The van der Waals surface area contributed by atoms with E-state index in [2.05, 4.69) is 0 Å². The SMILES string of the molecule is Oc1c2ccoc2cc2sccc12. The smallest absolute Gasteiger partial charge is 0.139 e. The van der Waals surface area contributed by atoms with Crippen LogP contribution in [0.3, 0.4) is 0 Å². The molecular formula is C10H6O2S. The van der Waals surface area contributed by atoms with E-state index in [-0.39, 0.29) is 0 Å². The summed E-state index contributed by atoms with van der Waals surface area (Å²) in [6, 6.07) is 5.65. The third kappa shape index (κ3) is 0.820. The van der Waals surface area contributed by atoms with Crippen molar-refractivity contribution in [3.63, 3.8) is 0 Å². The second-order valence-corrected chi connectivity index (χ2v) is 3.84. The van der Waals surface area contributed by atoms with Crippen LogP contribution in [-0.2, 0) is 0 Å².